The first-order chi connectivity index (χ1) is 14.8. The van der Waals surface area contributed by atoms with Gasteiger partial charge in [0.15, 0.2) is 6.61 Å². The van der Waals surface area contributed by atoms with Crippen molar-refractivity contribution < 1.29 is 14.3 Å². The number of carbonyl (C=O) groups excluding carboxylic acids is 2. The molecule has 0 aliphatic carbocycles. The second kappa shape index (κ2) is 12.5. The summed E-state index contributed by atoms with van der Waals surface area (Å²) in [5.74, 6) is -0.0485. The molecule has 2 amide bonds. The molecule has 0 bridgehead atoms. The molecule has 2 rings (SSSR count). The van der Waals surface area contributed by atoms with Gasteiger partial charge >= 0.3 is 0 Å². The SMILES string of the molecule is CCCNC(=O)C(CC)N(Cc1ccc(Cl)c(Cl)c1)C(=O)COc1ccc(Cl)cc1Br. The van der Waals surface area contributed by atoms with E-state index in [0.29, 0.717) is 38.3 Å². The van der Waals surface area contributed by atoms with E-state index in [4.69, 9.17) is 39.5 Å². The molecule has 0 heterocycles. The van der Waals surface area contributed by atoms with Gasteiger partial charge in [-0.25, -0.2) is 0 Å². The zero-order valence-electron chi connectivity index (χ0n) is 17.3. The Morgan fingerprint density at radius 2 is 1.84 bits per heavy atom. The molecule has 0 spiro atoms. The Hall–Kier alpha value is -1.47. The van der Waals surface area contributed by atoms with Gasteiger partial charge in [-0.1, -0.05) is 54.7 Å². The number of nitrogens with zero attached hydrogens (tertiary/aromatic N) is 1. The van der Waals surface area contributed by atoms with Crippen molar-refractivity contribution in [3.63, 3.8) is 0 Å². The smallest absolute Gasteiger partial charge is 0.261 e. The fourth-order valence-corrected chi connectivity index (χ4v) is 4.05. The van der Waals surface area contributed by atoms with Crippen molar-refractivity contribution in [3.8, 4) is 5.75 Å². The van der Waals surface area contributed by atoms with Crippen LogP contribution in [0.15, 0.2) is 40.9 Å². The van der Waals surface area contributed by atoms with Crippen LogP contribution in [0.2, 0.25) is 15.1 Å². The molecule has 168 valence electrons. The molecule has 0 radical (unpaired) electrons. The normalized spacial score (nSPS) is 11.7. The summed E-state index contributed by atoms with van der Waals surface area (Å²) in [5, 5.41) is 4.23. The van der Waals surface area contributed by atoms with Crippen molar-refractivity contribution >= 4 is 62.5 Å². The molecule has 2 aromatic rings. The Labute approximate surface area is 206 Å². The van der Waals surface area contributed by atoms with E-state index in [2.05, 4.69) is 21.2 Å². The van der Waals surface area contributed by atoms with Crippen molar-refractivity contribution in [1.82, 2.24) is 10.2 Å². The standard InChI is InChI=1S/C22H24BrCl3N2O3/c1-3-9-27-22(30)19(4-2)28(12-14-5-7-17(25)18(26)10-14)21(29)13-31-20-8-6-15(24)11-16(20)23/h5-8,10-11,19H,3-4,9,12-13H2,1-2H3,(H,27,30). The van der Waals surface area contributed by atoms with Crippen molar-refractivity contribution in [2.24, 2.45) is 0 Å². The zero-order valence-corrected chi connectivity index (χ0v) is 21.1. The first-order valence-electron chi connectivity index (χ1n) is 9.85. The van der Waals surface area contributed by atoms with Crippen LogP contribution in [-0.4, -0.2) is 35.9 Å². The van der Waals surface area contributed by atoms with Crippen LogP contribution in [0, 0.1) is 0 Å². The number of hydrogen-bond donors (Lipinski definition) is 1. The van der Waals surface area contributed by atoms with E-state index in [1.54, 1.807) is 36.4 Å². The maximum atomic E-state index is 13.2. The third-order valence-electron chi connectivity index (χ3n) is 4.52. The summed E-state index contributed by atoms with van der Waals surface area (Å²) in [7, 11) is 0. The maximum absolute atomic E-state index is 13.2. The van der Waals surface area contributed by atoms with Crippen LogP contribution in [0.25, 0.3) is 0 Å². The lowest BCUT2D eigenvalue weighted by Gasteiger charge is -2.30. The number of benzene rings is 2. The second-order valence-corrected chi connectivity index (χ2v) is 8.95. The first kappa shape index (κ1) is 25.8. The van der Waals surface area contributed by atoms with Crippen molar-refractivity contribution in [3.05, 3.63) is 61.5 Å². The molecule has 0 saturated carbocycles. The second-order valence-electron chi connectivity index (χ2n) is 6.85. The maximum Gasteiger partial charge on any atom is 0.261 e. The van der Waals surface area contributed by atoms with E-state index in [1.807, 2.05) is 13.8 Å². The van der Waals surface area contributed by atoms with Gasteiger partial charge in [0.1, 0.15) is 11.8 Å². The summed E-state index contributed by atoms with van der Waals surface area (Å²) < 4.78 is 6.33. The highest BCUT2D eigenvalue weighted by atomic mass is 79.9. The fraction of sp³-hybridized carbons (Fsp3) is 0.364. The van der Waals surface area contributed by atoms with Crippen LogP contribution in [0.1, 0.15) is 32.3 Å². The largest absolute Gasteiger partial charge is 0.483 e. The molecule has 1 atom stereocenters. The van der Waals surface area contributed by atoms with E-state index in [1.165, 1.54) is 4.90 Å². The molecule has 5 nitrogen and oxygen atoms in total. The quantitative estimate of drug-likeness (QED) is 0.388. The first-order valence-corrected chi connectivity index (χ1v) is 11.8. The van der Waals surface area contributed by atoms with E-state index in [-0.39, 0.29) is 25.0 Å². The van der Waals surface area contributed by atoms with Crippen LogP contribution >= 0.6 is 50.7 Å². The average molecular weight is 551 g/mol. The Morgan fingerprint density at radius 1 is 1.10 bits per heavy atom. The summed E-state index contributed by atoms with van der Waals surface area (Å²) in [6, 6.07) is 9.52. The average Bonchev–Trinajstić information content (AvgIpc) is 2.73. The lowest BCUT2D eigenvalue weighted by molar-refractivity contribution is -0.143. The Balaban J connectivity index is 2.24. The number of rotatable bonds is 10. The number of halogens is 4. The van der Waals surface area contributed by atoms with Gasteiger partial charge in [-0.3, -0.25) is 9.59 Å². The van der Waals surface area contributed by atoms with Crippen LogP contribution < -0.4 is 10.1 Å². The highest BCUT2D eigenvalue weighted by Gasteiger charge is 2.29. The summed E-state index contributed by atoms with van der Waals surface area (Å²) >= 11 is 21.5. The molecule has 1 unspecified atom stereocenters. The van der Waals surface area contributed by atoms with Crippen LogP contribution in [0.3, 0.4) is 0 Å². The zero-order chi connectivity index (χ0) is 23.0. The third-order valence-corrected chi connectivity index (χ3v) is 6.11. The van der Waals surface area contributed by atoms with Crippen LogP contribution in [0.4, 0.5) is 0 Å². The van der Waals surface area contributed by atoms with Crippen LogP contribution in [0.5, 0.6) is 5.75 Å². The summed E-state index contributed by atoms with van der Waals surface area (Å²) in [6.45, 7) is 4.33. The highest BCUT2D eigenvalue weighted by molar-refractivity contribution is 9.10. The number of nitrogens with one attached hydrogen (secondary N) is 1. The van der Waals surface area contributed by atoms with Crippen LogP contribution in [-0.2, 0) is 16.1 Å². The minimum Gasteiger partial charge on any atom is -0.483 e. The Kier molecular flexibility index (Phi) is 10.4. The van der Waals surface area contributed by atoms with Gasteiger partial charge in [-0.15, -0.1) is 0 Å². The van der Waals surface area contributed by atoms with E-state index >= 15 is 0 Å². The fourth-order valence-electron chi connectivity index (χ4n) is 2.93. The molecule has 31 heavy (non-hydrogen) atoms. The van der Waals surface area contributed by atoms with Crippen molar-refractivity contribution in [2.45, 2.75) is 39.3 Å². The van der Waals surface area contributed by atoms with Gasteiger partial charge in [0.25, 0.3) is 5.91 Å². The predicted octanol–water partition coefficient (Wildman–Crippen LogP) is 6.12. The number of carbonyl (C=O) groups is 2. The molecule has 0 aliphatic rings. The minimum atomic E-state index is -0.647. The Morgan fingerprint density at radius 3 is 2.45 bits per heavy atom. The minimum absolute atomic E-state index is 0.193. The lowest BCUT2D eigenvalue weighted by atomic mass is 10.1. The van der Waals surface area contributed by atoms with Gasteiger partial charge < -0.3 is 15.0 Å². The highest BCUT2D eigenvalue weighted by Crippen LogP contribution is 2.28. The van der Waals surface area contributed by atoms with Gasteiger partial charge in [-0.05, 0) is 64.7 Å². The monoisotopic (exact) mass is 548 g/mol. The molecule has 0 aromatic heterocycles. The molecule has 0 saturated heterocycles. The molecule has 0 aliphatic heterocycles. The van der Waals surface area contributed by atoms with Gasteiger partial charge in [0.05, 0.1) is 14.5 Å². The molecule has 9 heteroatoms. The molecule has 2 aromatic carbocycles. The van der Waals surface area contributed by atoms with Crippen molar-refractivity contribution in [2.75, 3.05) is 13.2 Å². The van der Waals surface area contributed by atoms with Gasteiger partial charge in [0.2, 0.25) is 5.91 Å². The topological polar surface area (TPSA) is 58.6 Å². The third kappa shape index (κ3) is 7.56. The van der Waals surface area contributed by atoms with Gasteiger partial charge in [0, 0.05) is 18.1 Å². The molecule has 1 N–H and O–H groups in total. The van der Waals surface area contributed by atoms with E-state index < -0.39 is 6.04 Å². The number of ether oxygens (including phenoxy) is 1. The number of hydrogen-bond acceptors (Lipinski definition) is 3. The van der Waals surface area contributed by atoms with Crippen molar-refractivity contribution in [1.29, 1.82) is 0 Å². The molecular weight excluding hydrogens is 527 g/mol. The molecular formula is C22H24BrCl3N2O3. The van der Waals surface area contributed by atoms with E-state index in [0.717, 1.165) is 12.0 Å². The number of amides is 2. The Bertz CT molecular complexity index is 927. The summed E-state index contributed by atoms with van der Waals surface area (Å²) in [6.07, 6.45) is 1.25. The summed E-state index contributed by atoms with van der Waals surface area (Å²) in [5.41, 5.74) is 0.761. The van der Waals surface area contributed by atoms with Gasteiger partial charge in [-0.2, -0.15) is 0 Å². The summed E-state index contributed by atoms with van der Waals surface area (Å²) in [4.78, 5) is 27.4. The molecule has 0 fully saturated rings. The van der Waals surface area contributed by atoms with E-state index in [9.17, 15) is 9.59 Å². The predicted molar refractivity (Wildman–Crippen MR) is 129 cm³/mol. The lowest BCUT2D eigenvalue weighted by Crippen LogP contribution is -2.50.